The number of benzene rings is 8. The predicted molar refractivity (Wildman–Crippen MR) is 272 cm³/mol. The van der Waals surface area contributed by atoms with Gasteiger partial charge in [0.1, 0.15) is 0 Å². The highest BCUT2D eigenvalue weighted by atomic mass is 32.1. The standard InChI is InChI=1S/C61H44N4S/c1-3-11-39(12-4-1)58-62-59(40-21-19-38(20-22-40)41-23-25-47-46-15-8-10-18-53(46)65(54(47)34-41)45-13-5-2-6-14-45)64-60(63-58)42-24-26-48-49-27-28-52-56(57(49)66-55(48)35-42)50-16-7-9-17-51(50)61(52)43-30-36-29-37(32-43)33-44(61)31-36/h1-28,34-37,43-44H,29-33H2. The lowest BCUT2D eigenvalue weighted by Gasteiger charge is -2.61. The quantitative estimate of drug-likeness (QED) is 0.173. The van der Waals surface area contributed by atoms with Crippen LogP contribution in [0.1, 0.15) is 43.2 Å². The van der Waals surface area contributed by atoms with Crippen LogP contribution in [0.4, 0.5) is 0 Å². The molecule has 11 aromatic rings. The predicted octanol–water partition coefficient (Wildman–Crippen LogP) is 15.7. The molecule has 0 N–H and O–H groups in total. The highest BCUT2D eigenvalue weighted by Crippen LogP contribution is 2.70. The van der Waals surface area contributed by atoms with Crippen LogP contribution in [0.15, 0.2) is 182 Å². The van der Waals surface area contributed by atoms with Crippen molar-refractivity contribution >= 4 is 53.3 Å². The summed E-state index contributed by atoms with van der Waals surface area (Å²) in [6, 6.07) is 66.6. The molecule has 0 saturated heterocycles. The maximum absolute atomic E-state index is 5.24. The van der Waals surface area contributed by atoms with E-state index in [2.05, 4.69) is 180 Å². The molecule has 66 heavy (non-hydrogen) atoms. The average molecular weight is 865 g/mol. The maximum Gasteiger partial charge on any atom is 0.164 e. The smallest absolute Gasteiger partial charge is 0.164 e. The average Bonchev–Trinajstić information content (AvgIpc) is 4.02. The highest BCUT2D eigenvalue weighted by molar-refractivity contribution is 7.26. The van der Waals surface area contributed by atoms with Crippen molar-refractivity contribution in [1.29, 1.82) is 0 Å². The molecule has 5 aliphatic carbocycles. The van der Waals surface area contributed by atoms with Gasteiger partial charge < -0.3 is 4.57 Å². The van der Waals surface area contributed by atoms with E-state index in [4.69, 9.17) is 15.0 Å². The molecule has 1 spiro atoms. The van der Waals surface area contributed by atoms with Crippen molar-refractivity contribution in [3.63, 3.8) is 0 Å². The van der Waals surface area contributed by atoms with Crippen molar-refractivity contribution in [1.82, 2.24) is 19.5 Å². The van der Waals surface area contributed by atoms with Gasteiger partial charge in [-0.1, -0.05) is 152 Å². The lowest BCUT2D eigenvalue weighted by atomic mass is 9.43. The van der Waals surface area contributed by atoms with E-state index in [-0.39, 0.29) is 5.41 Å². The topological polar surface area (TPSA) is 43.6 Å². The van der Waals surface area contributed by atoms with Crippen LogP contribution in [0.2, 0.25) is 0 Å². The Balaban J connectivity index is 0.832. The molecule has 4 saturated carbocycles. The number of hydrogen-bond acceptors (Lipinski definition) is 4. The van der Waals surface area contributed by atoms with Crippen LogP contribution < -0.4 is 0 Å². The van der Waals surface area contributed by atoms with Gasteiger partial charge in [-0.3, -0.25) is 0 Å². The molecule has 0 radical (unpaired) electrons. The number of fused-ring (bicyclic) bond motifs is 10. The van der Waals surface area contributed by atoms with Gasteiger partial charge in [0.05, 0.1) is 11.0 Å². The lowest BCUT2D eigenvalue weighted by molar-refractivity contribution is -0.0399. The summed E-state index contributed by atoms with van der Waals surface area (Å²) in [7, 11) is 0. The van der Waals surface area contributed by atoms with Crippen LogP contribution in [0.5, 0.6) is 0 Å². The molecule has 0 amide bonds. The monoisotopic (exact) mass is 864 g/mol. The van der Waals surface area contributed by atoms with Crippen molar-refractivity contribution in [2.45, 2.75) is 37.5 Å². The van der Waals surface area contributed by atoms with Crippen LogP contribution in [-0.2, 0) is 5.41 Å². The van der Waals surface area contributed by atoms with E-state index >= 15 is 0 Å². The third-order valence-corrected chi connectivity index (χ3v) is 17.4. The molecule has 0 unspecified atom stereocenters. The highest BCUT2D eigenvalue weighted by Gasteiger charge is 2.61. The normalized spacial score (nSPS) is 21.4. The van der Waals surface area contributed by atoms with Gasteiger partial charge in [0.15, 0.2) is 17.5 Å². The fourth-order valence-electron chi connectivity index (χ4n) is 13.8. The molecule has 314 valence electrons. The first-order chi connectivity index (χ1) is 32.7. The van der Waals surface area contributed by atoms with Crippen molar-refractivity contribution in [2.24, 2.45) is 23.7 Å². The van der Waals surface area contributed by atoms with E-state index < -0.39 is 0 Å². The van der Waals surface area contributed by atoms with Crippen LogP contribution in [0.25, 0.3) is 104 Å². The number of rotatable bonds is 5. The van der Waals surface area contributed by atoms with Crippen molar-refractivity contribution in [3.05, 3.63) is 193 Å². The summed E-state index contributed by atoms with van der Waals surface area (Å²) in [5, 5.41) is 5.16. The van der Waals surface area contributed by atoms with Crippen LogP contribution in [0.3, 0.4) is 0 Å². The van der Waals surface area contributed by atoms with Crippen LogP contribution >= 0.6 is 11.3 Å². The molecule has 16 rings (SSSR count). The Morgan fingerprint density at radius 1 is 0.424 bits per heavy atom. The molecule has 4 nitrogen and oxygen atoms in total. The minimum Gasteiger partial charge on any atom is -0.309 e. The second-order valence-corrected chi connectivity index (χ2v) is 20.6. The van der Waals surface area contributed by atoms with Crippen LogP contribution in [-0.4, -0.2) is 19.5 Å². The van der Waals surface area contributed by atoms with Gasteiger partial charge in [-0.05, 0) is 114 Å². The molecule has 3 aromatic heterocycles. The Labute approximate surface area is 387 Å². The SMILES string of the molecule is c1ccc(-c2nc(-c3ccc(-c4ccc5c6ccccc6n(-c6ccccc6)c5c4)cc3)nc(-c3ccc4c(c3)sc3c5c(ccc34)C3(c4ccccc4-5)C4CC5CC(C4)CC3C5)n2)cc1. The molecule has 5 heteroatoms. The summed E-state index contributed by atoms with van der Waals surface area (Å²) in [5.41, 5.74) is 15.2. The Morgan fingerprint density at radius 3 is 1.77 bits per heavy atom. The van der Waals surface area contributed by atoms with Gasteiger partial charge in [-0.15, -0.1) is 11.3 Å². The molecule has 4 bridgehead atoms. The Kier molecular flexibility index (Phi) is 7.81. The van der Waals surface area contributed by atoms with E-state index in [9.17, 15) is 0 Å². The number of para-hydroxylation sites is 2. The number of thiophene rings is 1. The van der Waals surface area contributed by atoms with E-state index in [1.54, 1.807) is 11.1 Å². The zero-order valence-corrected chi connectivity index (χ0v) is 37.2. The fraction of sp³-hybridized carbons (Fsp3) is 0.164. The molecular formula is C61H44N4S. The van der Waals surface area contributed by atoms with E-state index in [1.807, 2.05) is 17.4 Å². The fourth-order valence-corrected chi connectivity index (χ4v) is 15.1. The summed E-state index contributed by atoms with van der Waals surface area (Å²) in [5.74, 6) is 5.39. The summed E-state index contributed by atoms with van der Waals surface area (Å²) in [4.78, 5) is 15.5. The number of hydrogen-bond donors (Lipinski definition) is 0. The Morgan fingerprint density at radius 2 is 1.00 bits per heavy atom. The Hall–Kier alpha value is -7.21. The molecule has 0 atom stereocenters. The molecule has 3 heterocycles. The lowest BCUT2D eigenvalue weighted by Crippen LogP contribution is -2.55. The minimum atomic E-state index is 0.166. The first-order valence-corrected chi connectivity index (χ1v) is 24.6. The zero-order chi connectivity index (χ0) is 43.1. The van der Waals surface area contributed by atoms with Gasteiger partial charge in [0.25, 0.3) is 0 Å². The maximum atomic E-state index is 5.24. The third kappa shape index (κ3) is 5.23. The van der Waals surface area contributed by atoms with E-state index in [1.165, 1.54) is 85.2 Å². The third-order valence-electron chi connectivity index (χ3n) is 16.2. The van der Waals surface area contributed by atoms with E-state index in [0.717, 1.165) is 57.2 Å². The van der Waals surface area contributed by atoms with Gasteiger partial charge in [-0.25, -0.2) is 15.0 Å². The number of nitrogens with zero attached hydrogens (tertiary/aromatic N) is 4. The second kappa shape index (κ2) is 13.9. The Bertz CT molecular complexity index is 3740. The van der Waals surface area contributed by atoms with Gasteiger partial charge in [0.2, 0.25) is 0 Å². The largest absolute Gasteiger partial charge is 0.309 e. The van der Waals surface area contributed by atoms with Crippen molar-refractivity contribution in [3.8, 4) is 62.1 Å². The summed E-state index contributed by atoms with van der Waals surface area (Å²) in [6.45, 7) is 0. The summed E-state index contributed by atoms with van der Waals surface area (Å²) in [6.07, 6.45) is 7.07. The second-order valence-electron chi connectivity index (χ2n) is 19.6. The van der Waals surface area contributed by atoms with Crippen molar-refractivity contribution < 1.29 is 0 Å². The van der Waals surface area contributed by atoms with Gasteiger partial charge in [0, 0.05) is 64.3 Å². The molecule has 8 aromatic carbocycles. The summed E-state index contributed by atoms with van der Waals surface area (Å²) >= 11 is 1.95. The van der Waals surface area contributed by atoms with Crippen molar-refractivity contribution in [2.75, 3.05) is 0 Å². The van der Waals surface area contributed by atoms with Gasteiger partial charge >= 0.3 is 0 Å². The first kappa shape index (κ1) is 37.1. The number of aromatic nitrogens is 4. The molecule has 4 fully saturated rings. The zero-order valence-electron chi connectivity index (χ0n) is 36.4. The molecule has 5 aliphatic rings. The minimum absolute atomic E-state index is 0.166. The summed E-state index contributed by atoms with van der Waals surface area (Å²) < 4.78 is 5.08. The van der Waals surface area contributed by atoms with Crippen LogP contribution in [0, 0.1) is 23.7 Å². The molecular weight excluding hydrogens is 821 g/mol. The first-order valence-electron chi connectivity index (χ1n) is 23.8. The van der Waals surface area contributed by atoms with E-state index in [0.29, 0.717) is 17.5 Å². The van der Waals surface area contributed by atoms with Gasteiger partial charge in [-0.2, -0.15) is 0 Å². The molecule has 0 aliphatic heterocycles.